The second-order valence-corrected chi connectivity index (χ2v) is 6.64. The highest BCUT2D eigenvalue weighted by atomic mass is 16.6. The van der Waals surface area contributed by atoms with Crippen molar-refractivity contribution in [3.63, 3.8) is 0 Å². The third-order valence-electron chi connectivity index (χ3n) is 4.76. The van der Waals surface area contributed by atoms with Gasteiger partial charge in [0.25, 0.3) is 0 Å². The fourth-order valence-corrected chi connectivity index (χ4v) is 3.36. The van der Waals surface area contributed by atoms with E-state index in [1.807, 2.05) is 30.3 Å². The summed E-state index contributed by atoms with van der Waals surface area (Å²) in [6.07, 6.45) is 4.94. The van der Waals surface area contributed by atoms with E-state index in [0.717, 1.165) is 31.2 Å². The van der Waals surface area contributed by atoms with E-state index in [1.165, 1.54) is 37.9 Å². The summed E-state index contributed by atoms with van der Waals surface area (Å²) in [4.78, 5) is 8.11. The Morgan fingerprint density at radius 3 is 2.29 bits per heavy atom. The topological polar surface area (TPSA) is 24.5 Å². The van der Waals surface area contributed by atoms with Gasteiger partial charge < -0.3 is 4.90 Å². The second kappa shape index (κ2) is 9.45. The van der Waals surface area contributed by atoms with Crippen LogP contribution in [0, 0.1) is 5.92 Å². The van der Waals surface area contributed by atoms with Crippen molar-refractivity contribution in [2.75, 3.05) is 31.7 Å². The normalized spacial score (nSPS) is 16.2. The average molecular weight is 324 g/mol. The van der Waals surface area contributed by atoms with Crippen LogP contribution in [0.25, 0.3) is 0 Å². The number of hydrogen-bond donors (Lipinski definition) is 1. The van der Waals surface area contributed by atoms with Gasteiger partial charge in [0.1, 0.15) is 0 Å². The summed E-state index contributed by atoms with van der Waals surface area (Å²) in [6.45, 7) is 4.33. The van der Waals surface area contributed by atoms with E-state index in [1.54, 1.807) is 0 Å². The molecule has 128 valence electrons. The highest BCUT2D eigenvalue weighted by Crippen LogP contribution is 2.21. The van der Waals surface area contributed by atoms with Gasteiger partial charge >= 0.3 is 0 Å². The Morgan fingerprint density at radius 1 is 0.917 bits per heavy atom. The van der Waals surface area contributed by atoms with E-state index < -0.39 is 0 Å². The van der Waals surface area contributed by atoms with Crippen molar-refractivity contribution in [1.29, 1.82) is 0 Å². The van der Waals surface area contributed by atoms with E-state index in [0.29, 0.717) is 0 Å². The van der Waals surface area contributed by atoms with Gasteiger partial charge in [0.15, 0.2) is 0 Å². The SMILES string of the molecule is c1ccc(CC2CCN(CCCONc3ccccc3)CC2)cc1. The standard InChI is InChI=1S/C21H28N2O/c1-3-8-19(9-4-1)18-20-12-15-23(16-13-20)14-7-17-24-22-21-10-5-2-6-11-21/h1-6,8-11,20,22H,7,12-18H2. The minimum absolute atomic E-state index is 0.749. The van der Waals surface area contributed by atoms with Crippen molar-refractivity contribution in [2.45, 2.75) is 25.7 Å². The molecule has 1 aliphatic rings. The predicted molar refractivity (Wildman–Crippen MR) is 99.9 cm³/mol. The first-order valence-electron chi connectivity index (χ1n) is 9.09. The lowest BCUT2D eigenvalue weighted by Crippen LogP contribution is -2.35. The molecule has 1 saturated heterocycles. The highest BCUT2D eigenvalue weighted by Gasteiger charge is 2.18. The molecular formula is C21H28N2O. The summed E-state index contributed by atoms with van der Waals surface area (Å²) in [5, 5.41) is 0. The van der Waals surface area contributed by atoms with Crippen LogP contribution in [0.3, 0.4) is 0 Å². The molecule has 0 radical (unpaired) electrons. The van der Waals surface area contributed by atoms with Crippen molar-refractivity contribution >= 4 is 5.69 Å². The Hall–Kier alpha value is -1.84. The lowest BCUT2D eigenvalue weighted by atomic mass is 9.90. The van der Waals surface area contributed by atoms with E-state index >= 15 is 0 Å². The number of likely N-dealkylation sites (tertiary alicyclic amines) is 1. The van der Waals surface area contributed by atoms with Gasteiger partial charge in [-0.1, -0.05) is 48.5 Å². The molecule has 0 spiro atoms. The maximum atomic E-state index is 5.53. The molecule has 3 rings (SSSR count). The molecule has 0 saturated carbocycles. The Morgan fingerprint density at radius 2 is 1.58 bits per heavy atom. The zero-order valence-electron chi connectivity index (χ0n) is 14.4. The molecule has 2 aromatic rings. The van der Waals surface area contributed by atoms with Crippen LogP contribution in [0.5, 0.6) is 0 Å². The fraction of sp³-hybridized carbons (Fsp3) is 0.429. The van der Waals surface area contributed by atoms with Crippen LogP contribution < -0.4 is 5.48 Å². The summed E-state index contributed by atoms with van der Waals surface area (Å²) in [5.41, 5.74) is 5.49. The number of hydrogen-bond acceptors (Lipinski definition) is 3. The quantitative estimate of drug-likeness (QED) is 0.576. The molecule has 1 N–H and O–H groups in total. The molecule has 0 unspecified atom stereocenters. The monoisotopic (exact) mass is 324 g/mol. The zero-order chi connectivity index (χ0) is 16.5. The average Bonchev–Trinajstić information content (AvgIpc) is 2.65. The number of anilines is 1. The number of nitrogens with one attached hydrogen (secondary N) is 1. The maximum Gasteiger partial charge on any atom is 0.0758 e. The predicted octanol–water partition coefficient (Wildman–Crippen LogP) is 4.37. The van der Waals surface area contributed by atoms with Crippen molar-refractivity contribution in [2.24, 2.45) is 5.92 Å². The second-order valence-electron chi connectivity index (χ2n) is 6.64. The van der Waals surface area contributed by atoms with Crippen LogP contribution in [-0.4, -0.2) is 31.1 Å². The summed E-state index contributed by atoms with van der Waals surface area (Å²) >= 11 is 0. The summed E-state index contributed by atoms with van der Waals surface area (Å²) in [7, 11) is 0. The number of nitrogens with zero attached hydrogens (tertiary/aromatic N) is 1. The molecule has 1 fully saturated rings. The molecule has 24 heavy (non-hydrogen) atoms. The number of rotatable bonds is 8. The van der Waals surface area contributed by atoms with E-state index in [4.69, 9.17) is 4.84 Å². The van der Waals surface area contributed by atoms with Crippen molar-refractivity contribution in [3.8, 4) is 0 Å². The molecular weight excluding hydrogens is 296 g/mol. The van der Waals surface area contributed by atoms with Crippen LogP contribution in [0.15, 0.2) is 60.7 Å². The van der Waals surface area contributed by atoms with Gasteiger partial charge in [-0.25, -0.2) is 0 Å². The van der Waals surface area contributed by atoms with Crippen LogP contribution in [0.1, 0.15) is 24.8 Å². The van der Waals surface area contributed by atoms with Crippen molar-refractivity contribution in [1.82, 2.24) is 4.90 Å². The smallest absolute Gasteiger partial charge is 0.0758 e. The number of piperidine rings is 1. The minimum Gasteiger partial charge on any atom is -0.303 e. The number of para-hydroxylation sites is 1. The number of benzene rings is 2. The van der Waals surface area contributed by atoms with Crippen molar-refractivity contribution < 1.29 is 4.84 Å². The van der Waals surface area contributed by atoms with E-state index in [-0.39, 0.29) is 0 Å². The first-order chi connectivity index (χ1) is 11.9. The van der Waals surface area contributed by atoms with Gasteiger partial charge in [-0.05, 0) is 62.4 Å². The van der Waals surface area contributed by atoms with Gasteiger partial charge in [-0.3, -0.25) is 10.3 Å². The molecule has 0 aromatic heterocycles. The molecule has 0 aliphatic carbocycles. The van der Waals surface area contributed by atoms with Crippen LogP contribution in [0.2, 0.25) is 0 Å². The minimum atomic E-state index is 0.749. The summed E-state index contributed by atoms with van der Waals surface area (Å²) in [6, 6.07) is 20.9. The Kier molecular flexibility index (Phi) is 6.70. The van der Waals surface area contributed by atoms with Gasteiger partial charge in [0, 0.05) is 6.54 Å². The Labute approximate surface area is 145 Å². The molecule has 1 aliphatic heterocycles. The van der Waals surface area contributed by atoms with Crippen LogP contribution in [0.4, 0.5) is 5.69 Å². The third-order valence-corrected chi connectivity index (χ3v) is 4.76. The first kappa shape index (κ1) is 17.0. The Balaban J connectivity index is 1.26. The van der Waals surface area contributed by atoms with Crippen molar-refractivity contribution in [3.05, 3.63) is 66.2 Å². The van der Waals surface area contributed by atoms with Crippen LogP contribution in [-0.2, 0) is 11.3 Å². The van der Waals surface area contributed by atoms with Crippen LogP contribution >= 0.6 is 0 Å². The molecule has 0 atom stereocenters. The molecule has 0 amide bonds. The molecule has 1 heterocycles. The van der Waals surface area contributed by atoms with Gasteiger partial charge in [-0.15, -0.1) is 0 Å². The molecule has 3 heteroatoms. The van der Waals surface area contributed by atoms with Gasteiger partial charge in [0.05, 0.1) is 12.3 Å². The van der Waals surface area contributed by atoms with E-state index in [9.17, 15) is 0 Å². The summed E-state index contributed by atoms with van der Waals surface area (Å²) < 4.78 is 0. The molecule has 0 bridgehead atoms. The first-order valence-corrected chi connectivity index (χ1v) is 9.09. The third kappa shape index (κ3) is 5.66. The lowest BCUT2D eigenvalue weighted by Gasteiger charge is -2.32. The highest BCUT2D eigenvalue weighted by molar-refractivity contribution is 5.39. The largest absolute Gasteiger partial charge is 0.303 e. The van der Waals surface area contributed by atoms with E-state index in [2.05, 4.69) is 40.7 Å². The maximum absolute atomic E-state index is 5.53. The van der Waals surface area contributed by atoms with Gasteiger partial charge in [-0.2, -0.15) is 0 Å². The fourth-order valence-electron chi connectivity index (χ4n) is 3.36. The summed E-state index contributed by atoms with van der Waals surface area (Å²) in [5.74, 6) is 0.847. The molecule has 2 aromatic carbocycles. The Bertz CT molecular complexity index is 565. The molecule has 3 nitrogen and oxygen atoms in total. The lowest BCUT2D eigenvalue weighted by molar-refractivity contribution is 0.145. The van der Waals surface area contributed by atoms with Gasteiger partial charge in [0.2, 0.25) is 0 Å². The zero-order valence-corrected chi connectivity index (χ0v) is 14.4.